The zero-order valence-corrected chi connectivity index (χ0v) is 11.1. The smallest absolute Gasteiger partial charge is 0.150 e. The van der Waals surface area contributed by atoms with Crippen molar-refractivity contribution in [3.05, 3.63) is 46.7 Å². The van der Waals surface area contributed by atoms with Crippen molar-refractivity contribution in [1.82, 2.24) is 9.97 Å². The summed E-state index contributed by atoms with van der Waals surface area (Å²) in [6.45, 7) is 4.10. The molecule has 0 aliphatic heterocycles. The number of nitrogen functional groups attached to an aromatic ring is 1. The predicted molar refractivity (Wildman–Crippen MR) is 74.7 cm³/mol. The molecule has 3 N–H and O–H groups in total. The largest absolute Gasteiger partial charge is 0.382 e. The van der Waals surface area contributed by atoms with Gasteiger partial charge in [-0.1, -0.05) is 41.4 Å². The van der Waals surface area contributed by atoms with Crippen LogP contribution in [0.1, 0.15) is 24.1 Å². The second kappa shape index (κ2) is 5.23. The highest BCUT2D eigenvalue weighted by Crippen LogP contribution is 2.27. The highest BCUT2D eigenvalue weighted by molar-refractivity contribution is 6.35. The SMILES string of the molecule is Cc1ccc(C(C)Nc2ncnc(N)c2Cl)cc1. The van der Waals surface area contributed by atoms with Crippen LogP contribution in [0.5, 0.6) is 0 Å². The number of halogens is 1. The molecule has 1 unspecified atom stereocenters. The van der Waals surface area contributed by atoms with E-state index in [2.05, 4.69) is 46.5 Å². The molecular formula is C13H15ClN4. The Bertz CT molecular complexity index is 539. The Balaban J connectivity index is 2.18. The van der Waals surface area contributed by atoms with Crippen molar-refractivity contribution in [3.63, 3.8) is 0 Å². The molecule has 0 saturated carbocycles. The number of benzene rings is 1. The van der Waals surface area contributed by atoms with Crippen molar-refractivity contribution in [2.75, 3.05) is 11.1 Å². The minimum absolute atomic E-state index is 0.0948. The molecule has 0 fully saturated rings. The molecule has 0 aliphatic carbocycles. The summed E-state index contributed by atoms with van der Waals surface area (Å²) in [5, 5.41) is 3.58. The summed E-state index contributed by atoms with van der Waals surface area (Å²) in [7, 11) is 0. The normalized spacial score (nSPS) is 12.2. The first-order valence-electron chi connectivity index (χ1n) is 5.67. The Labute approximate surface area is 111 Å². The maximum Gasteiger partial charge on any atom is 0.150 e. The lowest BCUT2D eigenvalue weighted by molar-refractivity contribution is 0.872. The number of anilines is 2. The third-order valence-corrected chi connectivity index (χ3v) is 3.12. The van der Waals surface area contributed by atoms with E-state index in [0.29, 0.717) is 10.8 Å². The van der Waals surface area contributed by atoms with Crippen molar-refractivity contribution in [1.29, 1.82) is 0 Å². The van der Waals surface area contributed by atoms with Crippen LogP contribution in [0, 0.1) is 6.92 Å². The molecule has 4 nitrogen and oxygen atoms in total. The fourth-order valence-electron chi connectivity index (χ4n) is 1.63. The van der Waals surface area contributed by atoms with Gasteiger partial charge in [-0.2, -0.15) is 0 Å². The molecule has 0 saturated heterocycles. The third kappa shape index (κ3) is 2.71. The van der Waals surface area contributed by atoms with E-state index in [-0.39, 0.29) is 11.9 Å². The number of rotatable bonds is 3. The summed E-state index contributed by atoms with van der Waals surface area (Å²) < 4.78 is 0. The maximum absolute atomic E-state index is 6.04. The second-order valence-corrected chi connectivity index (χ2v) is 4.58. The van der Waals surface area contributed by atoms with Crippen molar-refractivity contribution in [2.45, 2.75) is 19.9 Å². The summed E-state index contributed by atoms with van der Waals surface area (Å²) >= 11 is 6.04. The van der Waals surface area contributed by atoms with Gasteiger partial charge in [0.05, 0.1) is 0 Å². The molecule has 5 heteroatoms. The molecule has 0 bridgehead atoms. The van der Waals surface area contributed by atoms with E-state index in [0.717, 1.165) is 5.56 Å². The van der Waals surface area contributed by atoms with Gasteiger partial charge in [-0.05, 0) is 19.4 Å². The van der Waals surface area contributed by atoms with Crippen LogP contribution in [0.3, 0.4) is 0 Å². The zero-order chi connectivity index (χ0) is 13.1. The third-order valence-electron chi connectivity index (χ3n) is 2.75. The second-order valence-electron chi connectivity index (χ2n) is 4.20. The van der Waals surface area contributed by atoms with Crippen LogP contribution in [0.25, 0.3) is 0 Å². The predicted octanol–water partition coefficient (Wildman–Crippen LogP) is 3.19. The quantitative estimate of drug-likeness (QED) is 0.892. The number of aromatic nitrogens is 2. The summed E-state index contributed by atoms with van der Waals surface area (Å²) in [5.41, 5.74) is 8.02. The van der Waals surface area contributed by atoms with Gasteiger partial charge in [0.2, 0.25) is 0 Å². The molecule has 1 heterocycles. The van der Waals surface area contributed by atoms with E-state index in [4.69, 9.17) is 17.3 Å². The Morgan fingerprint density at radius 1 is 1.22 bits per heavy atom. The minimum atomic E-state index is 0.0948. The van der Waals surface area contributed by atoms with Crippen LogP contribution in [0.15, 0.2) is 30.6 Å². The molecule has 18 heavy (non-hydrogen) atoms. The van der Waals surface area contributed by atoms with Gasteiger partial charge in [-0.3, -0.25) is 0 Å². The van der Waals surface area contributed by atoms with E-state index in [1.54, 1.807) is 0 Å². The zero-order valence-electron chi connectivity index (χ0n) is 10.3. The summed E-state index contributed by atoms with van der Waals surface area (Å²) in [4.78, 5) is 7.91. The monoisotopic (exact) mass is 262 g/mol. The van der Waals surface area contributed by atoms with Crippen molar-refractivity contribution in [2.24, 2.45) is 0 Å². The molecule has 2 rings (SSSR count). The van der Waals surface area contributed by atoms with Gasteiger partial charge in [0.1, 0.15) is 17.2 Å². The van der Waals surface area contributed by atoms with Crippen LogP contribution in [-0.4, -0.2) is 9.97 Å². The molecular weight excluding hydrogens is 248 g/mol. The van der Waals surface area contributed by atoms with Crippen molar-refractivity contribution in [3.8, 4) is 0 Å². The van der Waals surface area contributed by atoms with Gasteiger partial charge in [0, 0.05) is 6.04 Å². The van der Waals surface area contributed by atoms with Gasteiger partial charge >= 0.3 is 0 Å². The standard InChI is InChI=1S/C13H15ClN4/c1-8-3-5-10(6-4-8)9(2)18-13-11(14)12(15)16-7-17-13/h3-7,9H,1-2H3,(H3,15,16,17,18). The first-order chi connectivity index (χ1) is 8.58. The molecule has 1 aromatic carbocycles. The van der Waals surface area contributed by atoms with Crippen LogP contribution in [0.4, 0.5) is 11.6 Å². The lowest BCUT2D eigenvalue weighted by atomic mass is 10.1. The summed E-state index contributed by atoms with van der Waals surface area (Å²) in [5.74, 6) is 0.836. The van der Waals surface area contributed by atoms with E-state index < -0.39 is 0 Å². The van der Waals surface area contributed by atoms with E-state index >= 15 is 0 Å². The molecule has 0 spiro atoms. The molecule has 0 radical (unpaired) electrons. The Morgan fingerprint density at radius 2 is 1.89 bits per heavy atom. The lowest BCUT2D eigenvalue weighted by Gasteiger charge is -2.16. The molecule has 2 aromatic rings. The lowest BCUT2D eigenvalue weighted by Crippen LogP contribution is -2.09. The number of nitrogens with one attached hydrogen (secondary N) is 1. The Kier molecular flexibility index (Phi) is 3.67. The molecule has 0 aliphatic rings. The first-order valence-corrected chi connectivity index (χ1v) is 6.05. The maximum atomic E-state index is 6.04. The molecule has 1 atom stereocenters. The fraction of sp³-hybridized carbons (Fsp3) is 0.231. The number of hydrogen-bond acceptors (Lipinski definition) is 4. The summed E-state index contributed by atoms with van der Waals surface area (Å²) in [6.07, 6.45) is 1.39. The van der Waals surface area contributed by atoms with E-state index in [9.17, 15) is 0 Å². The van der Waals surface area contributed by atoms with E-state index in [1.165, 1.54) is 11.9 Å². The molecule has 94 valence electrons. The van der Waals surface area contributed by atoms with Gasteiger partial charge in [-0.25, -0.2) is 9.97 Å². The van der Waals surface area contributed by atoms with Crippen molar-refractivity contribution >= 4 is 23.2 Å². The van der Waals surface area contributed by atoms with Crippen LogP contribution in [0.2, 0.25) is 5.02 Å². The fourth-order valence-corrected chi connectivity index (χ4v) is 1.78. The number of nitrogens with zero attached hydrogens (tertiary/aromatic N) is 2. The topological polar surface area (TPSA) is 63.8 Å². The highest BCUT2D eigenvalue weighted by Gasteiger charge is 2.10. The van der Waals surface area contributed by atoms with Gasteiger partial charge < -0.3 is 11.1 Å². The number of aryl methyl sites for hydroxylation is 1. The van der Waals surface area contributed by atoms with Crippen LogP contribution < -0.4 is 11.1 Å². The van der Waals surface area contributed by atoms with Crippen LogP contribution in [-0.2, 0) is 0 Å². The highest BCUT2D eigenvalue weighted by atomic mass is 35.5. The van der Waals surface area contributed by atoms with Crippen LogP contribution >= 0.6 is 11.6 Å². The summed E-state index contributed by atoms with van der Waals surface area (Å²) in [6, 6.07) is 8.39. The number of nitrogens with two attached hydrogens (primary N) is 1. The Hall–Kier alpha value is -1.81. The Morgan fingerprint density at radius 3 is 2.56 bits per heavy atom. The molecule has 0 amide bonds. The van der Waals surface area contributed by atoms with Gasteiger partial charge in [0.15, 0.2) is 5.82 Å². The first kappa shape index (κ1) is 12.6. The molecule has 1 aromatic heterocycles. The van der Waals surface area contributed by atoms with Crippen molar-refractivity contribution < 1.29 is 0 Å². The minimum Gasteiger partial charge on any atom is -0.382 e. The van der Waals surface area contributed by atoms with Gasteiger partial charge in [-0.15, -0.1) is 0 Å². The average molecular weight is 263 g/mol. The average Bonchev–Trinajstić information content (AvgIpc) is 2.36. The van der Waals surface area contributed by atoms with E-state index in [1.807, 2.05) is 6.92 Å². The van der Waals surface area contributed by atoms with Gasteiger partial charge in [0.25, 0.3) is 0 Å². The number of hydrogen-bond donors (Lipinski definition) is 2.